The molecule has 0 unspecified atom stereocenters. The molecule has 0 saturated carbocycles. The maximum absolute atomic E-state index is 12.4. The smallest absolute Gasteiger partial charge is 0.336 e. The largest absolute Gasteiger partial charge is 0.497 e. The second kappa shape index (κ2) is 8.15. The molecule has 0 aliphatic carbocycles. The zero-order chi connectivity index (χ0) is 17.7. The Hall–Kier alpha value is -2.08. The lowest BCUT2D eigenvalue weighted by Gasteiger charge is -2.28. The molecule has 1 saturated heterocycles. The molecule has 1 N–H and O–H groups in total. The van der Waals surface area contributed by atoms with Gasteiger partial charge in [-0.05, 0) is 18.9 Å². The molecule has 1 heterocycles. The summed E-state index contributed by atoms with van der Waals surface area (Å²) in [5.41, 5.74) is 0.594. The molecule has 1 aromatic carbocycles. The molecule has 1 fully saturated rings. The van der Waals surface area contributed by atoms with E-state index < -0.39 is 5.97 Å². The first kappa shape index (κ1) is 18.3. The molecular formula is C18H24O6. The van der Waals surface area contributed by atoms with Gasteiger partial charge in [0.05, 0.1) is 32.5 Å². The minimum atomic E-state index is -1.07. The SMILES string of the molecule is CCC[C@@H]1CC(=O)[C@H](Cc2c(OC)cc(OC)cc2C(=O)O)CO1. The number of carbonyl (C=O) groups excluding carboxylic acids is 1. The molecule has 6 heteroatoms. The summed E-state index contributed by atoms with van der Waals surface area (Å²) < 4.78 is 16.2. The van der Waals surface area contributed by atoms with Crippen molar-refractivity contribution < 1.29 is 28.9 Å². The number of carboxylic acids is 1. The number of carboxylic acid groups (broad SMARTS) is 1. The molecule has 0 spiro atoms. The number of ether oxygens (including phenoxy) is 3. The number of aromatic carboxylic acids is 1. The molecule has 2 atom stereocenters. The summed E-state index contributed by atoms with van der Waals surface area (Å²) in [6.45, 7) is 2.37. The Morgan fingerprint density at radius 1 is 1.33 bits per heavy atom. The van der Waals surface area contributed by atoms with E-state index in [9.17, 15) is 14.7 Å². The third-order valence-electron chi connectivity index (χ3n) is 4.35. The van der Waals surface area contributed by atoms with Crippen LogP contribution >= 0.6 is 0 Å². The third-order valence-corrected chi connectivity index (χ3v) is 4.35. The van der Waals surface area contributed by atoms with Gasteiger partial charge in [-0.2, -0.15) is 0 Å². The molecule has 0 aromatic heterocycles. The minimum absolute atomic E-state index is 0.0181. The topological polar surface area (TPSA) is 82.1 Å². The van der Waals surface area contributed by atoms with Gasteiger partial charge < -0.3 is 19.3 Å². The van der Waals surface area contributed by atoms with E-state index in [0.29, 0.717) is 30.1 Å². The van der Waals surface area contributed by atoms with Gasteiger partial charge in [0.15, 0.2) is 0 Å². The van der Waals surface area contributed by atoms with Gasteiger partial charge in [0.1, 0.15) is 17.3 Å². The predicted octanol–water partition coefficient (Wildman–Crippen LogP) is 2.72. The molecule has 1 aliphatic rings. The van der Waals surface area contributed by atoms with E-state index in [-0.39, 0.29) is 29.8 Å². The van der Waals surface area contributed by atoms with E-state index in [4.69, 9.17) is 14.2 Å². The Morgan fingerprint density at radius 2 is 2.08 bits per heavy atom. The number of Topliss-reactive ketones (excluding diaryl/α,β-unsaturated/α-hetero) is 1. The third kappa shape index (κ3) is 4.06. The zero-order valence-corrected chi connectivity index (χ0v) is 14.3. The van der Waals surface area contributed by atoms with Gasteiger partial charge in [0.25, 0.3) is 0 Å². The molecule has 1 aromatic rings. The van der Waals surface area contributed by atoms with Crippen LogP contribution < -0.4 is 9.47 Å². The Bertz CT molecular complexity index is 610. The van der Waals surface area contributed by atoms with Crippen LogP contribution in [0, 0.1) is 5.92 Å². The van der Waals surface area contributed by atoms with Crippen molar-refractivity contribution in [3.05, 3.63) is 23.3 Å². The highest BCUT2D eigenvalue weighted by Gasteiger charge is 2.31. The fraction of sp³-hybridized carbons (Fsp3) is 0.556. The van der Waals surface area contributed by atoms with Gasteiger partial charge in [-0.15, -0.1) is 0 Å². The van der Waals surface area contributed by atoms with Crippen molar-refractivity contribution in [1.29, 1.82) is 0 Å². The molecule has 2 rings (SSSR count). The quantitative estimate of drug-likeness (QED) is 0.824. The Morgan fingerprint density at radius 3 is 2.62 bits per heavy atom. The Labute approximate surface area is 141 Å². The summed E-state index contributed by atoms with van der Waals surface area (Å²) in [6.07, 6.45) is 2.49. The Balaban J connectivity index is 2.25. The second-order valence-corrected chi connectivity index (χ2v) is 5.98. The molecule has 0 bridgehead atoms. The van der Waals surface area contributed by atoms with Crippen LogP contribution in [0.15, 0.2) is 12.1 Å². The summed E-state index contributed by atoms with van der Waals surface area (Å²) in [7, 11) is 2.94. The van der Waals surface area contributed by atoms with Crippen LogP contribution in [0.25, 0.3) is 0 Å². The van der Waals surface area contributed by atoms with Crippen LogP contribution in [0.2, 0.25) is 0 Å². The fourth-order valence-electron chi connectivity index (χ4n) is 3.04. The molecule has 1 aliphatic heterocycles. The van der Waals surface area contributed by atoms with Crippen molar-refractivity contribution in [3.63, 3.8) is 0 Å². The summed E-state index contributed by atoms with van der Waals surface area (Å²) in [5, 5.41) is 9.49. The predicted molar refractivity (Wildman–Crippen MR) is 88.0 cm³/mol. The molecule has 24 heavy (non-hydrogen) atoms. The van der Waals surface area contributed by atoms with Crippen LogP contribution in [-0.2, 0) is 16.0 Å². The first-order valence-electron chi connectivity index (χ1n) is 8.12. The van der Waals surface area contributed by atoms with Gasteiger partial charge in [0, 0.05) is 24.0 Å². The maximum atomic E-state index is 12.4. The number of methoxy groups -OCH3 is 2. The molecule has 132 valence electrons. The Kier molecular flexibility index (Phi) is 6.20. The lowest BCUT2D eigenvalue weighted by Crippen LogP contribution is -2.35. The number of carbonyl (C=O) groups is 2. The van der Waals surface area contributed by atoms with Crippen LogP contribution in [0.4, 0.5) is 0 Å². The van der Waals surface area contributed by atoms with Crippen molar-refractivity contribution in [2.75, 3.05) is 20.8 Å². The molecule has 6 nitrogen and oxygen atoms in total. The zero-order valence-electron chi connectivity index (χ0n) is 14.3. The number of ketones is 1. The van der Waals surface area contributed by atoms with Gasteiger partial charge in [-0.1, -0.05) is 13.3 Å². The first-order chi connectivity index (χ1) is 11.5. The highest BCUT2D eigenvalue weighted by atomic mass is 16.5. The molecule has 0 amide bonds. The average Bonchev–Trinajstić information content (AvgIpc) is 2.57. The highest BCUT2D eigenvalue weighted by molar-refractivity contribution is 5.91. The second-order valence-electron chi connectivity index (χ2n) is 5.98. The van der Waals surface area contributed by atoms with Crippen LogP contribution in [0.1, 0.15) is 42.1 Å². The van der Waals surface area contributed by atoms with Gasteiger partial charge >= 0.3 is 5.97 Å². The van der Waals surface area contributed by atoms with E-state index in [1.54, 1.807) is 6.07 Å². The van der Waals surface area contributed by atoms with Gasteiger partial charge in [0.2, 0.25) is 0 Å². The average molecular weight is 336 g/mol. The van der Waals surface area contributed by atoms with Crippen LogP contribution in [-0.4, -0.2) is 43.8 Å². The van der Waals surface area contributed by atoms with Crippen molar-refractivity contribution >= 4 is 11.8 Å². The van der Waals surface area contributed by atoms with Gasteiger partial charge in [-0.3, -0.25) is 4.79 Å². The van der Waals surface area contributed by atoms with E-state index in [0.717, 1.165) is 12.8 Å². The summed E-state index contributed by atoms with van der Waals surface area (Å²) in [4.78, 5) is 24.0. The normalized spacial score (nSPS) is 20.7. The van der Waals surface area contributed by atoms with E-state index >= 15 is 0 Å². The van der Waals surface area contributed by atoms with Crippen LogP contribution in [0.3, 0.4) is 0 Å². The number of rotatable bonds is 7. The minimum Gasteiger partial charge on any atom is -0.497 e. The fourth-order valence-corrected chi connectivity index (χ4v) is 3.04. The molecule has 0 radical (unpaired) electrons. The van der Waals surface area contributed by atoms with Gasteiger partial charge in [-0.25, -0.2) is 4.79 Å². The first-order valence-corrected chi connectivity index (χ1v) is 8.12. The molecular weight excluding hydrogens is 312 g/mol. The monoisotopic (exact) mass is 336 g/mol. The lowest BCUT2D eigenvalue weighted by atomic mass is 9.87. The van der Waals surface area contributed by atoms with E-state index in [1.165, 1.54) is 20.3 Å². The van der Waals surface area contributed by atoms with E-state index in [2.05, 4.69) is 6.92 Å². The maximum Gasteiger partial charge on any atom is 0.336 e. The standard InChI is InChI=1S/C18H24O6/c1-4-5-12-8-16(19)11(10-24-12)6-14-15(18(20)21)7-13(22-2)9-17(14)23-3/h7,9,11-12H,4-6,8,10H2,1-3H3,(H,20,21)/t11-,12-/m1/s1. The highest BCUT2D eigenvalue weighted by Crippen LogP contribution is 2.32. The number of hydrogen-bond donors (Lipinski definition) is 1. The summed E-state index contributed by atoms with van der Waals surface area (Å²) in [6, 6.07) is 3.09. The van der Waals surface area contributed by atoms with Crippen LogP contribution in [0.5, 0.6) is 11.5 Å². The number of benzene rings is 1. The summed E-state index contributed by atoms with van der Waals surface area (Å²) >= 11 is 0. The van der Waals surface area contributed by atoms with Crippen molar-refractivity contribution in [2.24, 2.45) is 5.92 Å². The summed E-state index contributed by atoms with van der Waals surface area (Å²) in [5.74, 6) is -0.486. The van der Waals surface area contributed by atoms with Crippen molar-refractivity contribution in [2.45, 2.75) is 38.7 Å². The van der Waals surface area contributed by atoms with Crippen molar-refractivity contribution in [1.82, 2.24) is 0 Å². The van der Waals surface area contributed by atoms with E-state index in [1.807, 2.05) is 0 Å². The lowest BCUT2D eigenvalue weighted by molar-refractivity contribution is -0.135. The van der Waals surface area contributed by atoms with Crippen molar-refractivity contribution in [3.8, 4) is 11.5 Å². The number of hydrogen-bond acceptors (Lipinski definition) is 5.